The summed E-state index contributed by atoms with van der Waals surface area (Å²) in [5.74, 6) is -1.20. The summed E-state index contributed by atoms with van der Waals surface area (Å²) in [6, 6.07) is 6.94. The molecule has 0 saturated carbocycles. The third-order valence-corrected chi connectivity index (χ3v) is 8.28. The SMILES string of the molecule is C=CC(Sc1cc(C)cnc1C#N)C(C)C(C1C=NCC1C)n1cc(-c2cc(C)c(F)c(F)c2)cn1. The van der Waals surface area contributed by atoms with Crippen LogP contribution in [-0.2, 0) is 0 Å². The topological polar surface area (TPSA) is 66.9 Å². The fourth-order valence-electron chi connectivity index (χ4n) is 4.78. The van der Waals surface area contributed by atoms with Crippen molar-refractivity contribution < 1.29 is 8.78 Å². The molecule has 5 nitrogen and oxygen atoms in total. The average molecular weight is 506 g/mol. The van der Waals surface area contributed by atoms with Gasteiger partial charge in [-0.3, -0.25) is 9.67 Å². The minimum Gasteiger partial charge on any atom is -0.297 e. The summed E-state index contributed by atoms with van der Waals surface area (Å²) in [4.78, 5) is 9.64. The van der Waals surface area contributed by atoms with Gasteiger partial charge in [-0.15, -0.1) is 18.3 Å². The summed E-state index contributed by atoms with van der Waals surface area (Å²) in [7, 11) is 0. The van der Waals surface area contributed by atoms with E-state index >= 15 is 0 Å². The van der Waals surface area contributed by atoms with E-state index in [1.807, 2.05) is 36.2 Å². The van der Waals surface area contributed by atoms with Crippen LogP contribution in [0.3, 0.4) is 0 Å². The van der Waals surface area contributed by atoms with Crippen molar-refractivity contribution in [2.24, 2.45) is 22.7 Å². The molecular formula is C28H29F2N5S. The molecule has 1 aromatic carbocycles. The Morgan fingerprint density at radius 1 is 1.22 bits per heavy atom. The van der Waals surface area contributed by atoms with E-state index in [-0.39, 0.29) is 28.7 Å². The Hall–Kier alpha value is -3.31. The number of aromatic nitrogens is 3. The van der Waals surface area contributed by atoms with Crippen LogP contribution in [0.15, 0.2) is 59.3 Å². The fraction of sp³-hybridized carbons (Fsp3) is 0.357. The van der Waals surface area contributed by atoms with Gasteiger partial charge in [-0.25, -0.2) is 13.8 Å². The van der Waals surface area contributed by atoms with E-state index in [0.29, 0.717) is 22.7 Å². The highest BCUT2D eigenvalue weighted by atomic mass is 32.2. The largest absolute Gasteiger partial charge is 0.297 e. The maximum absolute atomic E-state index is 14.1. The molecule has 0 spiro atoms. The van der Waals surface area contributed by atoms with E-state index < -0.39 is 11.6 Å². The summed E-state index contributed by atoms with van der Waals surface area (Å²) in [5, 5.41) is 14.2. The molecule has 3 heterocycles. The summed E-state index contributed by atoms with van der Waals surface area (Å²) < 4.78 is 29.9. The van der Waals surface area contributed by atoms with E-state index in [4.69, 9.17) is 0 Å². The predicted octanol–water partition coefficient (Wildman–Crippen LogP) is 6.57. The molecule has 1 aliphatic heterocycles. The van der Waals surface area contributed by atoms with Gasteiger partial charge in [0.2, 0.25) is 0 Å². The van der Waals surface area contributed by atoms with Crippen molar-refractivity contribution >= 4 is 18.0 Å². The number of pyridine rings is 1. The van der Waals surface area contributed by atoms with Crippen molar-refractivity contribution in [3.05, 3.63) is 77.9 Å². The lowest BCUT2D eigenvalue weighted by molar-refractivity contribution is 0.241. The van der Waals surface area contributed by atoms with Crippen LogP contribution in [0.5, 0.6) is 0 Å². The Bertz CT molecular complexity index is 1320. The van der Waals surface area contributed by atoms with Crippen molar-refractivity contribution in [3.8, 4) is 17.2 Å². The molecule has 0 bridgehead atoms. The first kappa shape index (κ1) is 25.8. The number of halogens is 2. The number of aliphatic imine (C=N–C) groups is 1. The molecule has 5 atom stereocenters. The molecule has 0 aliphatic carbocycles. The highest BCUT2D eigenvalue weighted by Crippen LogP contribution is 2.41. The van der Waals surface area contributed by atoms with E-state index in [0.717, 1.165) is 17.0 Å². The molecular weight excluding hydrogens is 476 g/mol. The second-order valence-electron chi connectivity index (χ2n) is 9.51. The number of hydrogen-bond acceptors (Lipinski definition) is 5. The quantitative estimate of drug-likeness (QED) is 0.256. The summed E-state index contributed by atoms with van der Waals surface area (Å²) in [5.41, 5.74) is 2.93. The zero-order valence-corrected chi connectivity index (χ0v) is 21.6. The molecule has 0 radical (unpaired) electrons. The molecule has 0 amide bonds. The van der Waals surface area contributed by atoms with E-state index in [2.05, 4.69) is 41.6 Å². The molecule has 4 rings (SSSR count). The fourth-order valence-corrected chi connectivity index (χ4v) is 6.01. The molecule has 2 aromatic heterocycles. The van der Waals surface area contributed by atoms with Crippen LogP contribution >= 0.6 is 11.8 Å². The molecule has 0 saturated heterocycles. The average Bonchev–Trinajstić information content (AvgIpc) is 3.51. The van der Waals surface area contributed by atoms with Gasteiger partial charge in [-0.2, -0.15) is 10.4 Å². The molecule has 36 heavy (non-hydrogen) atoms. The maximum atomic E-state index is 14.1. The van der Waals surface area contributed by atoms with Gasteiger partial charge in [0.1, 0.15) is 6.07 Å². The highest BCUT2D eigenvalue weighted by Gasteiger charge is 2.37. The molecule has 1 aliphatic rings. The van der Waals surface area contributed by atoms with Crippen LogP contribution in [0.25, 0.3) is 11.1 Å². The molecule has 0 fully saturated rings. The van der Waals surface area contributed by atoms with Gasteiger partial charge < -0.3 is 0 Å². The molecule has 186 valence electrons. The minimum absolute atomic E-state index is 0.0370. The number of benzene rings is 1. The standard InChI is InChI=1S/C28H29F2N5S/c1-6-25(36-26-7-16(2)11-33-24(26)10-31)19(5)28(22-14-32-12-18(22)4)35-15-21(13-34-35)20-8-17(3)27(30)23(29)9-20/h6-9,11,13-15,18-19,22,25,28H,1,12H2,2-5H3. The molecule has 3 aromatic rings. The van der Waals surface area contributed by atoms with Gasteiger partial charge in [0.05, 0.1) is 12.2 Å². The smallest absolute Gasteiger partial charge is 0.161 e. The third kappa shape index (κ3) is 5.12. The Balaban J connectivity index is 1.70. The van der Waals surface area contributed by atoms with E-state index in [1.165, 1.54) is 6.07 Å². The van der Waals surface area contributed by atoms with Gasteiger partial charge in [0.25, 0.3) is 0 Å². The van der Waals surface area contributed by atoms with E-state index in [9.17, 15) is 14.0 Å². The summed E-state index contributed by atoms with van der Waals surface area (Å²) >= 11 is 1.57. The molecule has 0 N–H and O–H groups in total. The Morgan fingerprint density at radius 3 is 2.64 bits per heavy atom. The second-order valence-corrected chi connectivity index (χ2v) is 10.7. The number of nitriles is 1. The third-order valence-electron chi connectivity index (χ3n) is 6.82. The van der Waals surface area contributed by atoms with Gasteiger partial charge in [0.15, 0.2) is 17.3 Å². The number of nitrogens with zero attached hydrogens (tertiary/aromatic N) is 5. The maximum Gasteiger partial charge on any atom is 0.161 e. The molecule has 5 unspecified atom stereocenters. The number of rotatable bonds is 8. The normalized spacial score (nSPS) is 19.6. The minimum atomic E-state index is -0.873. The van der Waals surface area contributed by atoms with Gasteiger partial charge in [0, 0.05) is 46.8 Å². The van der Waals surface area contributed by atoms with Crippen LogP contribution in [0.2, 0.25) is 0 Å². The highest BCUT2D eigenvalue weighted by molar-refractivity contribution is 8.00. The zero-order chi connectivity index (χ0) is 26.0. The van der Waals surface area contributed by atoms with Crippen LogP contribution in [-0.4, -0.2) is 32.8 Å². The van der Waals surface area contributed by atoms with Crippen LogP contribution in [0.1, 0.15) is 36.7 Å². The summed E-state index contributed by atoms with van der Waals surface area (Å²) in [6.07, 6.45) is 9.20. The van der Waals surface area contributed by atoms with Crippen molar-refractivity contribution in [2.75, 3.05) is 6.54 Å². The number of hydrogen-bond donors (Lipinski definition) is 0. The predicted molar refractivity (Wildman–Crippen MR) is 140 cm³/mol. The lowest BCUT2D eigenvalue weighted by Gasteiger charge is -2.34. The first-order valence-corrected chi connectivity index (χ1v) is 12.8. The summed E-state index contributed by atoms with van der Waals surface area (Å²) in [6.45, 7) is 12.7. The molecule has 8 heteroatoms. The van der Waals surface area contributed by atoms with Crippen molar-refractivity contribution in [3.63, 3.8) is 0 Å². The lowest BCUT2D eigenvalue weighted by Crippen LogP contribution is -2.34. The Kier molecular flexibility index (Phi) is 7.70. The number of thioether (sulfide) groups is 1. The van der Waals surface area contributed by atoms with E-state index in [1.54, 1.807) is 37.1 Å². The van der Waals surface area contributed by atoms with Crippen LogP contribution < -0.4 is 0 Å². The van der Waals surface area contributed by atoms with Gasteiger partial charge >= 0.3 is 0 Å². The van der Waals surface area contributed by atoms with Crippen LogP contribution in [0, 0.1) is 54.6 Å². The first-order chi connectivity index (χ1) is 17.2. The Labute approximate surface area is 215 Å². The first-order valence-electron chi connectivity index (χ1n) is 11.9. The monoisotopic (exact) mass is 505 g/mol. The van der Waals surface area contributed by atoms with Gasteiger partial charge in [-0.1, -0.05) is 19.9 Å². The van der Waals surface area contributed by atoms with Crippen molar-refractivity contribution in [1.29, 1.82) is 5.26 Å². The Morgan fingerprint density at radius 2 is 2.00 bits per heavy atom. The zero-order valence-electron chi connectivity index (χ0n) is 20.8. The van der Waals surface area contributed by atoms with Crippen molar-refractivity contribution in [2.45, 2.75) is 43.9 Å². The number of aryl methyl sites for hydroxylation is 2. The second kappa shape index (κ2) is 10.8. The van der Waals surface area contributed by atoms with Gasteiger partial charge in [-0.05, 0) is 60.6 Å². The van der Waals surface area contributed by atoms with Crippen molar-refractivity contribution in [1.82, 2.24) is 14.8 Å². The lowest BCUT2D eigenvalue weighted by atomic mass is 9.82. The van der Waals surface area contributed by atoms with Crippen LogP contribution in [0.4, 0.5) is 8.78 Å².